The van der Waals surface area contributed by atoms with Crippen LogP contribution >= 0.6 is 0 Å². The molecular weight excluding hydrogens is 91.2 g/mol. The van der Waals surface area contributed by atoms with Gasteiger partial charge in [0.1, 0.15) is 0 Å². The average molecular weight is 96.2 g/mol. The molecule has 0 atom stereocenters. The Kier molecular flexibility index (Phi) is 20.2. The minimum Gasteiger partial charge on any atom is -0.330 e. The summed E-state index contributed by atoms with van der Waals surface area (Å²) in [7, 11) is 1.74. The van der Waals surface area contributed by atoms with Crippen molar-refractivity contribution < 1.29 is 51.4 Å². The summed E-state index contributed by atoms with van der Waals surface area (Å²) in [6.07, 6.45) is 0. The van der Waals surface area contributed by atoms with Crippen molar-refractivity contribution in [3.05, 3.63) is 12.3 Å². The van der Waals surface area contributed by atoms with E-state index in [9.17, 15) is 0 Å². The van der Waals surface area contributed by atoms with E-state index >= 15 is 0 Å². The molecule has 0 spiro atoms. The van der Waals surface area contributed by atoms with Crippen LogP contribution in [0.1, 0.15) is 0 Å². The Balaban J connectivity index is 0. The Morgan fingerprint density at radius 1 is 1.75 bits per heavy atom. The van der Waals surface area contributed by atoms with Crippen LogP contribution in [0.4, 0.5) is 0 Å². The molecule has 0 aliphatic carbocycles. The topological polar surface area (TPSA) is 0 Å². The molecule has 0 aliphatic heterocycles. The van der Waals surface area contributed by atoms with Crippen LogP contribution in [0.5, 0.6) is 0 Å². The quantitative estimate of drug-likeness (QED) is 0.278. The van der Waals surface area contributed by atoms with Crippen molar-refractivity contribution in [3.63, 3.8) is 0 Å². The van der Waals surface area contributed by atoms with Crippen molar-refractivity contribution >= 4 is 10.2 Å². The molecule has 0 N–H and O–H groups in total. The third-order valence-electron chi connectivity index (χ3n) is 0. The molecule has 0 unspecified atom stereocenters. The Hall–Kier alpha value is 1.59. The second kappa shape index (κ2) is 8.82. The molecule has 0 saturated heterocycles. The number of rotatable bonds is 0. The van der Waals surface area contributed by atoms with Crippen LogP contribution in [0, 0.1) is 0 Å². The molecule has 0 aliphatic rings. The van der Waals surface area contributed by atoms with Gasteiger partial charge in [-0.2, -0.15) is 0 Å². The van der Waals surface area contributed by atoms with Crippen molar-refractivity contribution in [2.75, 3.05) is 0 Å². The smallest absolute Gasteiger partial charge is 0.330 e. The summed E-state index contributed by atoms with van der Waals surface area (Å²) in [5.74, 6) is 0. The first kappa shape index (κ1) is 9.14. The molecule has 0 fully saturated rings. The summed E-state index contributed by atoms with van der Waals surface area (Å²) < 4.78 is 0. The maximum atomic E-state index is 3.37. The predicted molar refractivity (Wildman–Crippen MR) is 18.7 cm³/mol. The van der Waals surface area contributed by atoms with Crippen molar-refractivity contribution in [3.8, 4) is 0 Å². The van der Waals surface area contributed by atoms with Gasteiger partial charge in [-0.15, -0.1) is 6.58 Å². The van der Waals surface area contributed by atoms with E-state index in [2.05, 4.69) is 6.58 Å². The van der Waals surface area contributed by atoms with Gasteiger partial charge >= 0.3 is 51.4 Å². The van der Waals surface area contributed by atoms with Gasteiger partial charge in [-0.1, -0.05) is 0 Å². The van der Waals surface area contributed by atoms with E-state index in [1.807, 2.05) is 0 Å². The molecule has 4 heavy (non-hydrogen) atoms. The van der Waals surface area contributed by atoms with Crippen LogP contribution in [-0.4, -0.2) is 10.2 Å². The van der Waals surface area contributed by atoms with E-state index in [1.165, 1.54) is 0 Å². The van der Waals surface area contributed by atoms with Crippen molar-refractivity contribution in [2.45, 2.75) is 0 Å². The van der Waals surface area contributed by atoms with Crippen LogP contribution in [0.15, 0.2) is 12.3 Å². The minimum atomic E-state index is 0. The van der Waals surface area contributed by atoms with Crippen LogP contribution in [0.25, 0.3) is 0 Å². The molecule has 0 aromatic heterocycles. The summed E-state index contributed by atoms with van der Waals surface area (Å²) >= 11 is 0. The van der Waals surface area contributed by atoms with E-state index in [1.54, 1.807) is 15.9 Å². The third-order valence-corrected chi connectivity index (χ3v) is 0. The molecule has 0 amide bonds. The van der Waals surface area contributed by atoms with Crippen LogP contribution in [0.2, 0.25) is 0 Å². The molecule has 2 heteroatoms. The zero-order chi connectivity index (χ0) is 2.71. The third kappa shape index (κ3) is 9.52. The van der Waals surface area contributed by atoms with E-state index in [-0.39, 0.29) is 51.4 Å². The zero-order valence-electron chi connectivity index (χ0n) is 2.99. The van der Waals surface area contributed by atoms with Crippen LogP contribution < -0.4 is 51.4 Å². The normalized spacial score (nSPS) is 3.00. The fourth-order valence-corrected chi connectivity index (χ4v) is 0. The molecule has 0 aromatic rings. The van der Waals surface area contributed by atoms with Gasteiger partial charge < -0.3 is 10.2 Å². The van der Waals surface area contributed by atoms with Gasteiger partial charge in [0.05, 0.1) is 0 Å². The summed E-state index contributed by atoms with van der Waals surface area (Å²) in [5.41, 5.74) is 1.78. The molecular formula is C2H5KSi. The predicted octanol–water partition coefficient (Wildman–Crippen LogP) is -3.23. The maximum Gasteiger partial charge on any atom is 1.00 e. The van der Waals surface area contributed by atoms with Crippen molar-refractivity contribution in [1.82, 2.24) is 0 Å². The summed E-state index contributed by atoms with van der Waals surface area (Å²) in [6, 6.07) is 0. The van der Waals surface area contributed by atoms with Crippen molar-refractivity contribution in [2.24, 2.45) is 0 Å². The summed E-state index contributed by atoms with van der Waals surface area (Å²) in [4.78, 5) is 0. The Bertz CT molecular complexity index is 13.5. The second-order valence-corrected chi connectivity index (χ2v) is 0.866. The maximum absolute atomic E-state index is 3.37. The van der Waals surface area contributed by atoms with E-state index < -0.39 is 0 Å². The molecule has 18 valence electrons. The molecule has 0 aromatic carbocycles. The average Bonchev–Trinajstić information content (AvgIpc) is 0.918. The first-order valence-electron chi connectivity index (χ1n) is 0.816. The number of hydrogen-bond acceptors (Lipinski definition) is 0. The second-order valence-electron chi connectivity index (χ2n) is 0.289. The van der Waals surface area contributed by atoms with Gasteiger partial charge in [0.2, 0.25) is 0 Å². The van der Waals surface area contributed by atoms with Crippen LogP contribution in [-0.2, 0) is 0 Å². The summed E-state index contributed by atoms with van der Waals surface area (Å²) in [5, 5.41) is 0. The molecule has 0 bridgehead atoms. The fourth-order valence-electron chi connectivity index (χ4n) is 0. The number of hydrogen-bond donors (Lipinski definition) is 0. The van der Waals surface area contributed by atoms with Crippen LogP contribution in [0.3, 0.4) is 0 Å². The van der Waals surface area contributed by atoms with Gasteiger partial charge in [0.15, 0.2) is 0 Å². The Labute approximate surface area is 72.5 Å². The van der Waals surface area contributed by atoms with Gasteiger partial charge in [0.25, 0.3) is 0 Å². The molecule has 0 radical (unpaired) electrons. The first-order chi connectivity index (χ1) is 1.41. The van der Waals surface area contributed by atoms with Gasteiger partial charge in [-0.05, 0) is 0 Å². The van der Waals surface area contributed by atoms with E-state index in [4.69, 9.17) is 0 Å². The molecule has 0 nitrogen and oxygen atoms in total. The van der Waals surface area contributed by atoms with Gasteiger partial charge in [-0.25, -0.2) is 5.70 Å². The summed E-state index contributed by atoms with van der Waals surface area (Å²) in [6.45, 7) is 3.37. The Morgan fingerprint density at radius 3 is 1.75 bits per heavy atom. The minimum absolute atomic E-state index is 0. The molecule has 0 saturated carbocycles. The fraction of sp³-hybridized carbons (Fsp3) is 0. The Morgan fingerprint density at radius 2 is 1.75 bits per heavy atom. The molecule has 0 heterocycles. The van der Waals surface area contributed by atoms with E-state index in [0.717, 1.165) is 0 Å². The van der Waals surface area contributed by atoms with Gasteiger partial charge in [-0.3, -0.25) is 0 Å². The van der Waals surface area contributed by atoms with E-state index in [0.29, 0.717) is 0 Å². The van der Waals surface area contributed by atoms with Gasteiger partial charge in [0, 0.05) is 0 Å². The standard InChI is InChI=1S/C2H5Si.K/c1-2-3;/h2H,1,3H2;/q-1;+1. The SMILES string of the molecule is C=C[SiH2-].[K+]. The zero-order valence-corrected chi connectivity index (χ0v) is 7.53. The molecule has 0 rings (SSSR count). The largest absolute Gasteiger partial charge is 1.00 e. The first-order valence-corrected chi connectivity index (χ1v) is 1.63. The van der Waals surface area contributed by atoms with Crippen molar-refractivity contribution in [1.29, 1.82) is 0 Å². The monoisotopic (exact) mass is 96.0 g/mol.